The molecule has 0 fully saturated rings. The second-order valence-corrected chi connectivity index (χ2v) is 11.2. The van der Waals surface area contributed by atoms with Crippen LogP contribution < -0.4 is 4.74 Å². The van der Waals surface area contributed by atoms with Gasteiger partial charge in [-0.25, -0.2) is 15.0 Å². The zero-order chi connectivity index (χ0) is 29.1. The van der Waals surface area contributed by atoms with Crippen LogP contribution in [-0.2, 0) is 5.60 Å². The van der Waals surface area contributed by atoms with Crippen molar-refractivity contribution in [2.45, 2.75) is 5.60 Å². The maximum absolute atomic E-state index is 7.12. The number of ether oxygens (including phenoxy) is 1. The first-order valence-electron chi connectivity index (χ1n) is 14.8. The lowest BCUT2D eigenvalue weighted by Crippen LogP contribution is -2.36. The first-order valence-corrected chi connectivity index (χ1v) is 14.8. The monoisotopic (exact) mass is 563 g/mol. The Kier molecular flexibility index (Phi) is 5.38. The number of hydrogen-bond donors (Lipinski definition) is 0. The number of rotatable bonds is 3. The van der Waals surface area contributed by atoms with E-state index in [2.05, 4.69) is 84.9 Å². The van der Waals surface area contributed by atoms with Crippen LogP contribution in [0.3, 0.4) is 0 Å². The van der Waals surface area contributed by atoms with Crippen molar-refractivity contribution in [1.82, 2.24) is 15.0 Å². The van der Waals surface area contributed by atoms with Gasteiger partial charge in [0.15, 0.2) is 23.1 Å². The predicted octanol–water partition coefficient (Wildman–Crippen LogP) is 9.20. The minimum Gasteiger partial charge on any atom is -0.472 e. The zero-order valence-corrected chi connectivity index (χ0v) is 23.7. The third-order valence-electron chi connectivity index (χ3n) is 8.70. The Morgan fingerprint density at radius 2 is 0.818 bits per heavy atom. The number of fused-ring (bicyclic) bond motifs is 9. The summed E-state index contributed by atoms with van der Waals surface area (Å²) in [7, 11) is 0. The Labute approximate surface area is 255 Å². The number of nitrogens with zero attached hydrogens (tertiary/aromatic N) is 3. The highest BCUT2D eigenvalue weighted by molar-refractivity contribution is 5.89. The maximum Gasteiger partial charge on any atom is 0.186 e. The molecule has 0 amide bonds. The molecular weight excluding hydrogens is 538 g/mol. The van der Waals surface area contributed by atoms with Crippen LogP contribution in [0.5, 0.6) is 5.75 Å². The Morgan fingerprint density at radius 3 is 1.43 bits per heavy atom. The van der Waals surface area contributed by atoms with E-state index in [1.165, 1.54) is 5.56 Å². The van der Waals surface area contributed by atoms with Gasteiger partial charge in [-0.2, -0.15) is 0 Å². The topological polar surface area (TPSA) is 47.9 Å². The van der Waals surface area contributed by atoms with Gasteiger partial charge in [-0.05, 0) is 28.8 Å². The highest BCUT2D eigenvalue weighted by Gasteiger charge is 2.50. The van der Waals surface area contributed by atoms with Gasteiger partial charge in [0.2, 0.25) is 0 Å². The average Bonchev–Trinajstić information content (AvgIpc) is 3.38. The molecule has 44 heavy (non-hydrogen) atoms. The van der Waals surface area contributed by atoms with E-state index in [-0.39, 0.29) is 0 Å². The van der Waals surface area contributed by atoms with Crippen LogP contribution in [0.25, 0.3) is 56.4 Å². The summed E-state index contributed by atoms with van der Waals surface area (Å²) in [5, 5.41) is 0. The molecular formula is C40H25N3O. The van der Waals surface area contributed by atoms with Crippen molar-refractivity contribution < 1.29 is 4.74 Å². The Hall–Kier alpha value is -5.87. The molecule has 1 spiro atoms. The summed E-state index contributed by atoms with van der Waals surface area (Å²) < 4.78 is 7.12. The summed E-state index contributed by atoms with van der Waals surface area (Å²) in [6.45, 7) is 0. The van der Waals surface area contributed by atoms with Gasteiger partial charge < -0.3 is 4.74 Å². The molecule has 0 saturated carbocycles. The smallest absolute Gasteiger partial charge is 0.186 e. The van der Waals surface area contributed by atoms with Crippen molar-refractivity contribution in [3.8, 4) is 62.2 Å². The predicted molar refractivity (Wildman–Crippen MR) is 174 cm³/mol. The standard InChI is InChI=1S/C40H25N3O/c1-3-13-26(14-4-1)37-41-38(27-15-5-2-6-16-27)43-39(42-37)28-23-24-35-32(25-28)30-18-8-11-21-34(30)40(35)33-20-10-7-17-29(33)31-19-9-12-22-36(31)44-40/h1-25H. The quantitative estimate of drug-likeness (QED) is 0.215. The first kappa shape index (κ1) is 24.7. The van der Waals surface area contributed by atoms with Gasteiger partial charge in [0.1, 0.15) is 5.75 Å². The van der Waals surface area contributed by atoms with Crippen LogP contribution in [0.2, 0.25) is 0 Å². The van der Waals surface area contributed by atoms with Gasteiger partial charge in [0, 0.05) is 38.9 Å². The summed E-state index contributed by atoms with van der Waals surface area (Å²) in [5.41, 5.74) is 10.0. The Morgan fingerprint density at radius 1 is 0.364 bits per heavy atom. The Balaban J connectivity index is 1.27. The molecule has 1 aliphatic carbocycles. The third-order valence-corrected chi connectivity index (χ3v) is 8.70. The zero-order valence-electron chi connectivity index (χ0n) is 23.7. The van der Waals surface area contributed by atoms with Gasteiger partial charge in [0.25, 0.3) is 0 Å². The van der Waals surface area contributed by atoms with E-state index in [0.717, 1.165) is 55.8 Å². The number of benzene rings is 6. The molecule has 1 unspecified atom stereocenters. The summed E-state index contributed by atoms with van der Waals surface area (Å²) in [4.78, 5) is 14.9. The van der Waals surface area contributed by atoms with Crippen LogP contribution in [-0.4, -0.2) is 15.0 Å². The SMILES string of the molecule is c1ccc(-c2nc(-c3ccccc3)nc(-c3ccc4c(c3)-c3ccccc3C43Oc4ccccc4-c4ccccc43)n2)cc1. The molecule has 2 aliphatic rings. The number of aromatic nitrogens is 3. The van der Waals surface area contributed by atoms with E-state index in [1.54, 1.807) is 0 Å². The van der Waals surface area contributed by atoms with E-state index < -0.39 is 5.60 Å². The highest BCUT2D eigenvalue weighted by atomic mass is 16.5. The van der Waals surface area contributed by atoms with Gasteiger partial charge in [0.05, 0.1) is 0 Å². The Bertz CT molecular complexity index is 2150. The molecule has 2 heterocycles. The largest absolute Gasteiger partial charge is 0.472 e. The number of hydrogen-bond acceptors (Lipinski definition) is 4. The molecule has 1 atom stereocenters. The molecule has 6 aromatic carbocycles. The third kappa shape index (κ3) is 3.61. The van der Waals surface area contributed by atoms with Crippen LogP contribution in [0.15, 0.2) is 152 Å². The van der Waals surface area contributed by atoms with Crippen molar-refractivity contribution in [3.05, 3.63) is 168 Å². The molecule has 9 rings (SSSR count). The average molecular weight is 564 g/mol. The number of para-hydroxylation sites is 1. The minimum absolute atomic E-state index is 0.634. The molecule has 0 bridgehead atoms. The van der Waals surface area contributed by atoms with Gasteiger partial charge >= 0.3 is 0 Å². The van der Waals surface area contributed by atoms with E-state index in [0.29, 0.717) is 17.5 Å². The second-order valence-electron chi connectivity index (χ2n) is 11.2. The van der Waals surface area contributed by atoms with Crippen molar-refractivity contribution >= 4 is 0 Å². The molecule has 1 aromatic heterocycles. The maximum atomic E-state index is 7.12. The fourth-order valence-electron chi connectivity index (χ4n) is 6.74. The van der Waals surface area contributed by atoms with E-state index in [4.69, 9.17) is 19.7 Å². The van der Waals surface area contributed by atoms with Gasteiger partial charge in [-0.3, -0.25) is 0 Å². The summed E-state index contributed by atoms with van der Waals surface area (Å²) >= 11 is 0. The molecule has 4 nitrogen and oxygen atoms in total. The van der Waals surface area contributed by atoms with Crippen molar-refractivity contribution in [2.75, 3.05) is 0 Å². The fourth-order valence-corrected chi connectivity index (χ4v) is 6.74. The van der Waals surface area contributed by atoms with E-state index in [1.807, 2.05) is 66.7 Å². The second kappa shape index (κ2) is 9.58. The molecule has 1 aliphatic heterocycles. The van der Waals surface area contributed by atoms with Crippen LogP contribution in [0.4, 0.5) is 0 Å². The molecule has 0 N–H and O–H groups in total. The first-order chi connectivity index (χ1) is 21.8. The molecule has 7 aromatic rings. The van der Waals surface area contributed by atoms with E-state index >= 15 is 0 Å². The summed E-state index contributed by atoms with van der Waals surface area (Å²) in [5.74, 6) is 2.81. The summed E-state index contributed by atoms with van der Waals surface area (Å²) in [6.07, 6.45) is 0. The van der Waals surface area contributed by atoms with Gasteiger partial charge in [-0.15, -0.1) is 0 Å². The van der Waals surface area contributed by atoms with Crippen molar-refractivity contribution in [3.63, 3.8) is 0 Å². The van der Waals surface area contributed by atoms with Crippen LogP contribution >= 0.6 is 0 Å². The van der Waals surface area contributed by atoms with Gasteiger partial charge in [-0.1, -0.05) is 140 Å². The lowest BCUT2D eigenvalue weighted by atomic mass is 9.78. The highest BCUT2D eigenvalue weighted by Crippen LogP contribution is 2.58. The molecule has 4 heteroatoms. The lowest BCUT2D eigenvalue weighted by Gasteiger charge is -2.39. The minimum atomic E-state index is -0.765. The van der Waals surface area contributed by atoms with E-state index in [9.17, 15) is 0 Å². The lowest BCUT2D eigenvalue weighted by molar-refractivity contribution is 0.157. The van der Waals surface area contributed by atoms with Crippen molar-refractivity contribution in [1.29, 1.82) is 0 Å². The van der Waals surface area contributed by atoms with Crippen molar-refractivity contribution in [2.24, 2.45) is 0 Å². The molecule has 0 saturated heterocycles. The molecule has 0 radical (unpaired) electrons. The van der Waals surface area contributed by atoms with Crippen LogP contribution in [0.1, 0.15) is 16.7 Å². The van der Waals surface area contributed by atoms with Crippen LogP contribution in [0, 0.1) is 0 Å². The summed E-state index contributed by atoms with van der Waals surface area (Å²) in [6, 6.07) is 52.2. The molecule has 206 valence electrons. The normalized spacial score (nSPS) is 15.5. The fraction of sp³-hybridized carbons (Fsp3) is 0.0250.